The number of aromatic hydroxyl groups is 1. The first-order valence-corrected chi connectivity index (χ1v) is 9.38. The van der Waals surface area contributed by atoms with E-state index in [4.69, 9.17) is 20.8 Å². The molecular formula is C21H21ClNO4+. The number of aryl methyl sites for hydroxylation is 1. The SMILES string of the molecule is Cc1c(-c2ccc(Cl)cc2)c(=O)oc2c(C[NH+]3CCOCC3)c(O)ccc12. The van der Waals surface area contributed by atoms with Gasteiger partial charge in [-0.05, 0) is 42.3 Å². The van der Waals surface area contributed by atoms with Gasteiger partial charge < -0.3 is 19.2 Å². The summed E-state index contributed by atoms with van der Waals surface area (Å²) in [6, 6.07) is 10.6. The number of morpholine rings is 1. The lowest BCUT2D eigenvalue weighted by atomic mass is 9.98. The maximum atomic E-state index is 12.8. The third-order valence-electron chi connectivity index (χ3n) is 5.17. The summed E-state index contributed by atoms with van der Waals surface area (Å²) < 4.78 is 11.1. The fourth-order valence-electron chi connectivity index (χ4n) is 3.67. The molecule has 5 nitrogen and oxygen atoms in total. The second-order valence-electron chi connectivity index (χ2n) is 6.88. The fourth-order valence-corrected chi connectivity index (χ4v) is 3.80. The minimum Gasteiger partial charge on any atom is -0.507 e. The molecule has 0 amide bonds. The Kier molecular flexibility index (Phi) is 4.91. The highest BCUT2D eigenvalue weighted by Crippen LogP contribution is 2.32. The van der Waals surface area contributed by atoms with Gasteiger partial charge in [0, 0.05) is 10.4 Å². The molecule has 0 saturated carbocycles. The molecule has 0 bridgehead atoms. The summed E-state index contributed by atoms with van der Waals surface area (Å²) in [6.45, 7) is 5.62. The van der Waals surface area contributed by atoms with Gasteiger partial charge in [-0.15, -0.1) is 0 Å². The number of quaternary nitrogens is 1. The van der Waals surface area contributed by atoms with Crippen LogP contribution in [0.3, 0.4) is 0 Å². The van der Waals surface area contributed by atoms with Crippen molar-refractivity contribution in [3.63, 3.8) is 0 Å². The van der Waals surface area contributed by atoms with Gasteiger partial charge in [0.05, 0.1) is 24.3 Å². The number of nitrogens with one attached hydrogen (secondary N) is 1. The smallest absolute Gasteiger partial charge is 0.344 e. The molecule has 2 N–H and O–H groups in total. The Morgan fingerprint density at radius 2 is 1.81 bits per heavy atom. The number of rotatable bonds is 3. The van der Waals surface area contributed by atoms with Gasteiger partial charge in [0.1, 0.15) is 25.4 Å². The minimum atomic E-state index is -0.411. The van der Waals surface area contributed by atoms with Crippen LogP contribution in [0.15, 0.2) is 45.6 Å². The summed E-state index contributed by atoms with van der Waals surface area (Å²) in [7, 11) is 0. The lowest BCUT2D eigenvalue weighted by Crippen LogP contribution is -3.12. The zero-order valence-electron chi connectivity index (χ0n) is 15.0. The number of benzene rings is 2. The third-order valence-corrected chi connectivity index (χ3v) is 5.43. The van der Waals surface area contributed by atoms with Crippen molar-refractivity contribution in [1.29, 1.82) is 0 Å². The lowest BCUT2D eigenvalue weighted by molar-refractivity contribution is -0.921. The van der Waals surface area contributed by atoms with Crippen LogP contribution in [-0.2, 0) is 11.3 Å². The van der Waals surface area contributed by atoms with Crippen molar-refractivity contribution in [2.24, 2.45) is 0 Å². The van der Waals surface area contributed by atoms with Crippen LogP contribution in [0.4, 0.5) is 0 Å². The zero-order valence-corrected chi connectivity index (χ0v) is 15.8. The molecule has 0 radical (unpaired) electrons. The van der Waals surface area contributed by atoms with Crippen molar-refractivity contribution in [3.05, 3.63) is 63.0 Å². The Balaban J connectivity index is 1.85. The van der Waals surface area contributed by atoms with E-state index in [1.165, 1.54) is 4.90 Å². The zero-order chi connectivity index (χ0) is 19.0. The van der Waals surface area contributed by atoms with Crippen molar-refractivity contribution >= 4 is 22.6 Å². The summed E-state index contributed by atoms with van der Waals surface area (Å²) in [5.41, 5.74) is 2.85. The first-order chi connectivity index (χ1) is 13.0. The van der Waals surface area contributed by atoms with Gasteiger partial charge in [-0.1, -0.05) is 23.7 Å². The van der Waals surface area contributed by atoms with E-state index in [-0.39, 0.29) is 5.75 Å². The molecule has 27 heavy (non-hydrogen) atoms. The number of hydrogen-bond donors (Lipinski definition) is 2. The van der Waals surface area contributed by atoms with Crippen LogP contribution in [0.5, 0.6) is 5.75 Å². The molecule has 1 aliphatic heterocycles. The van der Waals surface area contributed by atoms with Gasteiger partial charge in [0.2, 0.25) is 0 Å². The Morgan fingerprint density at radius 3 is 2.52 bits per heavy atom. The monoisotopic (exact) mass is 386 g/mol. The molecule has 0 aliphatic carbocycles. The van der Waals surface area contributed by atoms with E-state index in [1.807, 2.05) is 19.1 Å². The second kappa shape index (κ2) is 7.35. The predicted molar refractivity (Wildman–Crippen MR) is 105 cm³/mol. The Labute approximate surface area is 161 Å². The Bertz CT molecular complexity index is 1040. The van der Waals surface area contributed by atoms with Crippen molar-refractivity contribution in [1.82, 2.24) is 0 Å². The number of phenolic OH excluding ortho intramolecular Hbond substituents is 1. The summed E-state index contributed by atoms with van der Waals surface area (Å²) in [4.78, 5) is 14.1. The molecule has 4 rings (SSSR count). The maximum absolute atomic E-state index is 12.8. The first-order valence-electron chi connectivity index (χ1n) is 9.00. The summed E-state index contributed by atoms with van der Waals surface area (Å²) in [6.07, 6.45) is 0. The fraction of sp³-hybridized carbons (Fsp3) is 0.286. The van der Waals surface area contributed by atoms with Crippen molar-refractivity contribution < 1.29 is 19.2 Å². The van der Waals surface area contributed by atoms with Crippen LogP contribution in [0.25, 0.3) is 22.1 Å². The number of fused-ring (bicyclic) bond motifs is 1. The molecule has 0 atom stereocenters. The van der Waals surface area contributed by atoms with Crippen LogP contribution in [-0.4, -0.2) is 31.4 Å². The van der Waals surface area contributed by atoms with E-state index in [9.17, 15) is 9.90 Å². The van der Waals surface area contributed by atoms with Crippen molar-refractivity contribution in [2.75, 3.05) is 26.3 Å². The van der Waals surface area contributed by atoms with Crippen LogP contribution < -0.4 is 10.5 Å². The maximum Gasteiger partial charge on any atom is 0.344 e. The van der Waals surface area contributed by atoms with Gasteiger partial charge in [0.25, 0.3) is 0 Å². The molecule has 3 aromatic rings. The molecule has 2 aromatic carbocycles. The topological polar surface area (TPSA) is 64.1 Å². The van der Waals surface area contributed by atoms with E-state index < -0.39 is 5.63 Å². The summed E-state index contributed by atoms with van der Waals surface area (Å²) in [5, 5.41) is 11.9. The standard InChI is InChI=1S/C21H20ClNO4/c1-13-16-6-7-18(24)17(12-23-8-10-26-11-9-23)20(16)27-21(25)19(13)14-2-4-15(22)5-3-14/h2-7,24H,8-12H2,1H3/p+1. The molecule has 1 aliphatic rings. The average molecular weight is 387 g/mol. The van der Waals surface area contributed by atoms with Gasteiger partial charge in [0.15, 0.2) is 5.58 Å². The third kappa shape index (κ3) is 3.46. The van der Waals surface area contributed by atoms with Gasteiger partial charge in [-0.25, -0.2) is 4.79 Å². The second-order valence-corrected chi connectivity index (χ2v) is 7.31. The Hall–Kier alpha value is -2.34. The summed E-state index contributed by atoms with van der Waals surface area (Å²) in [5.74, 6) is 0.156. The highest BCUT2D eigenvalue weighted by Gasteiger charge is 2.22. The van der Waals surface area contributed by atoms with Gasteiger partial charge in [-0.2, -0.15) is 0 Å². The van der Waals surface area contributed by atoms with E-state index >= 15 is 0 Å². The number of phenols is 1. The van der Waals surface area contributed by atoms with E-state index in [0.29, 0.717) is 41.5 Å². The van der Waals surface area contributed by atoms with E-state index in [0.717, 1.165) is 29.6 Å². The highest BCUT2D eigenvalue weighted by molar-refractivity contribution is 6.30. The molecule has 2 heterocycles. The van der Waals surface area contributed by atoms with Crippen molar-refractivity contribution in [2.45, 2.75) is 13.5 Å². The Morgan fingerprint density at radius 1 is 1.11 bits per heavy atom. The highest BCUT2D eigenvalue weighted by atomic mass is 35.5. The normalized spacial score (nSPS) is 15.3. The molecule has 1 fully saturated rings. The quantitative estimate of drug-likeness (QED) is 0.679. The van der Waals surface area contributed by atoms with E-state index in [1.54, 1.807) is 24.3 Å². The molecule has 1 saturated heterocycles. The number of ether oxygens (including phenoxy) is 1. The predicted octanol–water partition coefficient (Wildman–Crippen LogP) is 2.54. The molecular weight excluding hydrogens is 366 g/mol. The molecule has 0 spiro atoms. The van der Waals surface area contributed by atoms with Crippen LogP contribution in [0, 0.1) is 6.92 Å². The first kappa shape index (κ1) is 18.0. The molecule has 0 unspecified atom stereocenters. The van der Waals surface area contributed by atoms with E-state index in [2.05, 4.69) is 0 Å². The lowest BCUT2D eigenvalue weighted by Gasteiger charge is -2.24. The van der Waals surface area contributed by atoms with Crippen molar-refractivity contribution in [3.8, 4) is 16.9 Å². The molecule has 140 valence electrons. The number of halogens is 1. The van der Waals surface area contributed by atoms with Gasteiger partial charge in [-0.3, -0.25) is 0 Å². The van der Waals surface area contributed by atoms with Gasteiger partial charge >= 0.3 is 5.63 Å². The van der Waals surface area contributed by atoms with Crippen LogP contribution in [0.2, 0.25) is 5.02 Å². The largest absolute Gasteiger partial charge is 0.507 e. The molecule has 1 aromatic heterocycles. The number of hydrogen-bond acceptors (Lipinski definition) is 4. The van der Waals surface area contributed by atoms with Crippen LogP contribution >= 0.6 is 11.6 Å². The average Bonchev–Trinajstić information content (AvgIpc) is 2.66. The minimum absolute atomic E-state index is 0.156. The summed E-state index contributed by atoms with van der Waals surface area (Å²) >= 11 is 5.96. The van der Waals surface area contributed by atoms with Crippen LogP contribution in [0.1, 0.15) is 11.1 Å². The molecule has 6 heteroatoms.